The van der Waals surface area contributed by atoms with E-state index in [2.05, 4.69) is 5.32 Å². The summed E-state index contributed by atoms with van der Waals surface area (Å²) in [6.07, 6.45) is 5.61. The molecule has 0 fully saturated rings. The molecule has 2 aromatic carbocycles. The number of nitrogens with one attached hydrogen (secondary N) is 1. The standard InChI is InChI=1S/C43H51N3O11/c1-19-13-11-14-21(3)42(53)45-32-33-31(44-41-20(2)15-12-17-46(33)41)28-29(37(32)51)36(50)25(7)39-30(28)40(52)43(9,57-39)55-18-16-27(54-10)22(4)38(56-26(8)47)24(6)35(49)23(5)34(19)48/h11-19,22-24,27,34-35,38,48-51H,1-10H3,(H,45,53)/b13-11+,18-16+,21-14-. The minimum absolute atomic E-state index is 0.0194. The van der Waals surface area contributed by atoms with Crippen molar-refractivity contribution in [3.63, 3.8) is 0 Å². The Bertz CT molecular complexity index is 2380. The number of rotatable bonds is 2. The fourth-order valence-corrected chi connectivity index (χ4v) is 8.09. The molecular weight excluding hydrogens is 734 g/mol. The molecule has 14 nitrogen and oxygen atoms in total. The molecule has 2 aromatic heterocycles. The number of anilines is 1. The summed E-state index contributed by atoms with van der Waals surface area (Å²) >= 11 is 0. The van der Waals surface area contributed by atoms with E-state index in [0.29, 0.717) is 5.65 Å². The number of phenolic OH excluding ortho intramolecular Hbond substituents is 2. The van der Waals surface area contributed by atoms with Crippen LogP contribution in [0.3, 0.4) is 0 Å². The summed E-state index contributed by atoms with van der Waals surface area (Å²) in [5.74, 6) is -6.96. The fraction of sp³-hybridized carbons (Fsp3) is 0.442. The smallest absolute Gasteiger partial charge is 0.312 e. The molecule has 0 radical (unpaired) electrons. The number of fused-ring (bicyclic) bond motifs is 2. The van der Waals surface area contributed by atoms with Crippen molar-refractivity contribution in [2.45, 2.75) is 92.5 Å². The number of ether oxygens (including phenoxy) is 4. The van der Waals surface area contributed by atoms with Gasteiger partial charge in [-0.05, 0) is 38.5 Å². The summed E-state index contributed by atoms with van der Waals surface area (Å²) in [5, 5.41) is 49.4. The van der Waals surface area contributed by atoms with Crippen molar-refractivity contribution in [1.29, 1.82) is 0 Å². The topological polar surface area (TPSA) is 198 Å². The number of ketones is 1. The van der Waals surface area contributed by atoms with Gasteiger partial charge in [0.1, 0.15) is 40.0 Å². The number of carbonyl (C=O) groups is 3. The van der Waals surface area contributed by atoms with Crippen LogP contribution in [-0.2, 0) is 23.8 Å². The largest absolute Gasteiger partial charge is 0.507 e. The van der Waals surface area contributed by atoms with Crippen LogP contribution in [0.25, 0.3) is 27.5 Å². The minimum atomic E-state index is -1.96. The van der Waals surface area contributed by atoms with Gasteiger partial charge in [-0.25, -0.2) is 4.98 Å². The van der Waals surface area contributed by atoms with Crippen LogP contribution in [0.15, 0.2) is 54.5 Å². The number of nitrogens with zero attached hydrogens (tertiary/aromatic N) is 2. The van der Waals surface area contributed by atoms with Crippen LogP contribution in [0.4, 0.5) is 5.69 Å². The minimum Gasteiger partial charge on any atom is -0.507 e. The lowest BCUT2D eigenvalue weighted by atomic mass is 9.78. The number of esters is 1. The normalized spacial score (nSPS) is 30.8. The van der Waals surface area contributed by atoms with E-state index in [4.69, 9.17) is 23.9 Å². The first-order valence-corrected chi connectivity index (χ1v) is 19.0. The Kier molecular flexibility index (Phi) is 11.2. The molecule has 0 saturated heterocycles. The number of aryl methyl sites for hydroxylation is 1. The lowest BCUT2D eigenvalue weighted by Gasteiger charge is -2.38. The maximum Gasteiger partial charge on any atom is 0.312 e. The third kappa shape index (κ3) is 6.99. The number of allylic oxidation sites excluding steroid dienone is 2. The number of hydrogen-bond donors (Lipinski definition) is 5. The second-order valence-corrected chi connectivity index (χ2v) is 15.5. The highest BCUT2D eigenvalue weighted by Crippen LogP contribution is 2.54. The maximum atomic E-state index is 14.6. The second-order valence-electron chi connectivity index (χ2n) is 15.5. The molecule has 0 aliphatic carbocycles. The Balaban J connectivity index is 1.58. The molecule has 0 spiro atoms. The predicted octanol–water partition coefficient (Wildman–Crippen LogP) is 6.16. The number of methoxy groups -OCH3 is 1. The van der Waals surface area contributed by atoms with Crippen LogP contribution in [0, 0.1) is 37.5 Å². The highest BCUT2D eigenvalue weighted by atomic mass is 16.7. The Morgan fingerprint density at radius 3 is 2.35 bits per heavy atom. The summed E-state index contributed by atoms with van der Waals surface area (Å²) in [4.78, 5) is 45.6. The van der Waals surface area contributed by atoms with Crippen LogP contribution in [0.5, 0.6) is 17.2 Å². The zero-order valence-electron chi connectivity index (χ0n) is 33.8. The SMILES string of the molecule is COC1/C=C/OC2(C)Oc3c(C)c(O)c4c(O)c(c5c(nc6c(C)cccn65)c4c3C2=O)NC(=O)/C(C)=C\C=C\C(C)C(O)C(C)C(O)C(C)C(OC(C)=O)C1C. The first kappa shape index (κ1) is 41.2. The van der Waals surface area contributed by atoms with Gasteiger partial charge in [0, 0.05) is 67.3 Å². The van der Waals surface area contributed by atoms with Crippen molar-refractivity contribution in [2.75, 3.05) is 12.4 Å². The monoisotopic (exact) mass is 785 g/mol. The van der Waals surface area contributed by atoms with E-state index in [0.717, 1.165) is 5.56 Å². The Morgan fingerprint density at radius 2 is 1.68 bits per heavy atom. The van der Waals surface area contributed by atoms with E-state index in [1.165, 1.54) is 40.2 Å². The van der Waals surface area contributed by atoms with Gasteiger partial charge >= 0.3 is 11.8 Å². The molecule has 2 aliphatic rings. The molecule has 6 rings (SSSR count). The number of hydrogen-bond acceptors (Lipinski definition) is 12. The molecule has 4 bridgehead atoms. The van der Waals surface area contributed by atoms with Gasteiger partial charge in [-0.3, -0.25) is 18.8 Å². The number of phenols is 2. The van der Waals surface area contributed by atoms with E-state index >= 15 is 0 Å². The van der Waals surface area contributed by atoms with Gasteiger partial charge in [-0.15, -0.1) is 0 Å². The number of Topliss-reactive ketones (excluding diaryl/α,β-unsaturated/α-hetero) is 1. The molecule has 4 heterocycles. The summed E-state index contributed by atoms with van der Waals surface area (Å²) < 4.78 is 25.5. The summed E-state index contributed by atoms with van der Waals surface area (Å²) in [5.41, 5.74) is 2.10. The van der Waals surface area contributed by atoms with E-state index in [1.54, 1.807) is 69.5 Å². The predicted molar refractivity (Wildman–Crippen MR) is 213 cm³/mol. The number of carbonyl (C=O) groups excluding carboxylic acids is 3. The number of aromatic nitrogens is 2. The average molecular weight is 786 g/mol. The molecule has 14 heteroatoms. The first-order chi connectivity index (χ1) is 26.8. The van der Waals surface area contributed by atoms with Crippen LogP contribution < -0.4 is 10.1 Å². The zero-order chi connectivity index (χ0) is 41.8. The molecule has 1 amide bonds. The van der Waals surface area contributed by atoms with Gasteiger partial charge in [-0.1, -0.05) is 52.0 Å². The third-order valence-electron chi connectivity index (χ3n) is 11.6. The quantitative estimate of drug-likeness (QED) is 0.115. The van der Waals surface area contributed by atoms with E-state index in [1.807, 2.05) is 13.0 Å². The van der Waals surface area contributed by atoms with E-state index in [9.17, 15) is 34.8 Å². The summed E-state index contributed by atoms with van der Waals surface area (Å²) in [6, 6.07) is 3.63. The molecule has 9 atom stereocenters. The van der Waals surface area contributed by atoms with Crippen LogP contribution in [0.1, 0.15) is 70.0 Å². The molecular formula is C43H51N3O11. The van der Waals surface area contributed by atoms with Gasteiger partial charge in [-0.2, -0.15) is 0 Å². The molecule has 304 valence electrons. The molecule has 57 heavy (non-hydrogen) atoms. The van der Waals surface area contributed by atoms with Crippen molar-refractivity contribution in [1.82, 2.24) is 9.38 Å². The van der Waals surface area contributed by atoms with Crippen molar-refractivity contribution < 1.29 is 53.8 Å². The lowest BCUT2D eigenvalue weighted by Crippen LogP contribution is -2.46. The number of aliphatic hydroxyl groups is 2. The van der Waals surface area contributed by atoms with Crippen LogP contribution in [0.2, 0.25) is 0 Å². The molecule has 5 N–H and O–H groups in total. The molecule has 0 saturated carbocycles. The Labute approximate surface area is 330 Å². The van der Waals surface area contributed by atoms with Crippen molar-refractivity contribution in [3.05, 3.63) is 71.2 Å². The van der Waals surface area contributed by atoms with Gasteiger partial charge in [0.05, 0.1) is 35.5 Å². The zero-order valence-corrected chi connectivity index (χ0v) is 33.8. The number of imidazole rings is 1. The van der Waals surface area contributed by atoms with Gasteiger partial charge in [0.2, 0.25) is 0 Å². The molecule has 9 unspecified atom stereocenters. The molecule has 4 aromatic rings. The second kappa shape index (κ2) is 15.5. The number of pyridine rings is 1. The number of benzene rings is 2. The summed E-state index contributed by atoms with van der Waals surface area (Å²) in [7, 11) is 1.46. The maximum absolute atomic E-state index is 14.6. The van der Waals surface area contributed by atoms with Crippen molar-refractivity contribution in [2.24, 2.45) is 23.7 Å². The number of amides is 1. The van der Waals surface area contributed by atoms with Crippen molar-refractivity contribution in [3.8, 4) is 17.2 Å². The third-order valence-corrected chi connectivity index (χ3v) is 11.6. The van der Waals surface area contributed by atoms with Crippen LogP contribution >= 0.6 is 0 Å². The average Bonchev–Trinajstić information content (AvgIpc) is 3.69. The highest BCUT2D eigenvalue weighted by Gasteiger charge is 2.50. The molecule has 2 aliphatic heterocycles. The fourth-order valence-electron chi connectivity index (χ4n) is 8.09. The van der Waals surface area contributed by atoms with E-state index < -0.39 is 77.3 Å². The van der Waals surface area contributed by atoms with Gasteiger partial charge < -0.3 is 44.7 Å². The van der Waals surface area contributed by atoms with Crippen molar-refractivity contribution >= 4 is 50.8 Å². The highest BCUT2D eigenvalue weighted by molar-refractivity contribution is 6.28. The number of aromatic hydroxyl groups is 2. The van der Waals surface area contributed by atoms with E-state index in [-0.39, 0.29) is 55.7 Å². The Morgan fingerprint density at radius 1 is 0.982 bits per heavy atom. The van der Waals surface area contributed by atoms with Gasteiger partial charge in [0.25, 0.3) is 11.7 Å². The lowest BCUT2D eigenvalue weighted by molar-refractivity contribution is -0.160. The first-order valence-electron chi connectivity index (χ1n) is 19.0. The van der Waals surface area contributed by atoms with Crippen LogP contribution in [-0.4, -0.2) is 84.8 Å². The van der Waals surface area contributed by atoms with Gasteiger partial charge in [0.15, 0.2) is 5.75 Å². The Hall–Kier alpha value is -5.44. The number of aliphatic hydroxyl groups excluding tert-OH is 2. The summed E-state index contributed by atoms with van der Waals surface area (Å²) in [6.45, 7) is 14.7.